The second kappa shape index (κ2) is 7.42. The Morgan fingerprint density at radius 2 is 1.81 bits per heavy atom. The van der Waals surface area contributed by atoms with Crippen LogP contribution in [0.25, 0.3) is 0 Å². The van der Waals surface area contributed by atoms with Gasteiger partial charge in [0.05, 0.1) is 0 Å². The summed E-state index contributed by atoms with van der Waals surface area (Å²) in [5, 5.41) is 3.78. The van der Waals surface area contributed by atoms with Gasteiger partial charge >= 0.3 is 0 Å². The molecule has 1 aromatic rings. The molecule has 2 aliphatic rings. The van der Waals surface area contributed by atoms with E-state index in [1.54, 1.807) is 5.56 Å². The predicted octanol–water partition coefficient (Wildman–Crippen LogP) is 4.42. The monoisotopic (exact) mass is 287 g/mol. The highest BCUT2D eigenvalue weighted by atomic mass is 16.5. The summed E-state index contributed by atoms with van der Waals surface area (Å²) >= 11 is 0. The Labute approximate surface area is 129 Å². The van der Waals surface area contributed by atoms with Crippen LogP contribution in [0.15, 0.2) is 24.3 Å². The van der Waals surface area contributed by atoms with Crippen LogP contribution in [0.1, 0.15) is 68.5 Å². The van der Waals surface area contributed by atoms with E-state index in [0.717, 1.165) is 31.6 Å². The van der Waals surface area contributed by atoms with E-state index in [2.05, 4.69) is 36.5 Å². The fourth-order valence-corrected chi connectivity index (χ4v) is 3.62. The highest BCUT2D eigenvalue weighted by molar-refractivity contribution is 5.29. The van der Waals surface area contributed by atoms with Crippen LogP contribution in [0.5, 0.6) is 0 Å². The largest absolute Gasteiger partial charge is 0.381 e. The molecule has 0 bridgehead atoms. The first kappa shape index (κ1) is 15.1. The van der Waals surface area contributed by atoms with Crippen molar-refractivity contribution in [2.75, 3.05) is 19.8 Å². The van der Waals surface area contributed by atoms with Crippen LogP contribution in [-0.2, 0) is 4.74 Å². The highest BCUT2D eigenvalue weighted by Crippen LogP contribution is 2.37. The maximum Gasteiger partial charge on any atom is 0.0469 e. The molecule has 1 N–H and O–H groups in total. The van der Waals surface area contributed by atoms with Crippen molar-refractivity contribution in [3.63, 3.8) is 0 Å². The van der Waals surface area contributed by atoms with E-state index >= 15 is 0 Å². The van der Waals surface area contributed by atoms with Crippen molar-refractivity contribution in [3.05, 3.63) is 35.4 Å². The summed E-state index contributed by atoms with van der Waals surface area (Å²) in [5.41, 5.74) is 3.02. The zero-order valence-electron chi connectivity index (χ0n) is 13.3. The lowest BCUT2D eigenvalue weighted by molar-refractivity contribution is 0.0536. The third kappa shape index (κ3) is 3.67. The van der Waals surface area contributed by atoms with Gasteiger partial charge in [-0.3, -0.25) is 0 Å². The van der Waals surface area contributed by atoms with Crippen LogP contribution in [0.2, 0.25) is 0 Å². The predicted molar refractivity (Wildman–Crippen MR) is 87.6 cm³/mol. The summed E-state index contributed by atoms with van der Waals surface area (Å²) in [6, 6.07) is 10.00. The minimum Gasteiger partial charge on any atom is -0.381 e. The summed E-state index contributed by atoms with van der Waals surface area (Å²) in [4.78, 5) is 0. The molecule has 2 heteroatoms. The van der Waals surface area contributed by atoms with Gasteiger partial charge in [0.15, 0.2) is 0 Å². The summed E-state index contributed by atoms with van der Waals surface area (Å²) < 4.78 is 5.54. The third-order valence-corrected chi connectivity index (χ3v) is 5.22. The molecule has 0 spiro atoms. The SMILES string of the molecule is CCCNC(c1ccc(C2CCC2)cc1)C1CCOCC1. The number of hydrogen-bond donors (Lipinski definition) is 1. The molecule has 0 radical (unpaired) electrons. The van der Waals surface area contributed by atoms with Gasteiger partial charge in [-0.2, -0.15) is 0 Å². The van der Waals surface area contributed by atoms with Crippen molar-refractivity contribution in [1.82, 2.24) is 5.32 Å². The first-order valence-electron chi connectivity index (χ1n) is 8.79. The Bertz CT molecular complexity index is 418. The molecular formula is C19H29NO. The van der Waals surface area contributed by atoms with Gasteiger partial charge in [-0.05, 0) is 61.6 Å². The van der Waals surface area contributed by atoms with Crippen molar-refractivity contribution in [2.24, 2.45) is 5.92 Å². The standard InChI is InChI=1S/C19H29NO/c1-2-12-20-19(18-10-13-21-14-11-18)17-8-6-16(7-9-17)15-4-3-5-15/h6-9,15,18-20H,2-5,10-14H2,1H3. The average Bonchev–Trinajstić information content (AvgIpc) is 2.49. The minimum absolute atomic E-state index is 0.504. The highest BCUT2D eigenvalue weighted by Gasteiger charge is 2.25. The fourth-order valence-electron chi connectivity index (χ4n) is 3.62. The Kier molecular flexibility index (Phi) is 5.32. The Morgan fingerprint density at radius 3 is 2.38 bits per heavy atom. The number of hydrogen-bond acceptors (Lipinski definition) is 2. The van der Waals surface area contributed by atoms with Gasteiger partial charge in [0.25, 0.3) is 0 Å². The normalized spacial score (nSPS) is 22.0. The van der Waals surface area contributed by atoms with Crippen LogP contribution < -0.4 is 5.32 Å². The number of benzene rings is 1. The number of ether oxygens (including phenoxy) is 1. The molecule has 21 heavy (non-hydrogen) atoms. The van der Waals surface area contributed by atoms with Crippen LogP contribution in [0, 0.1) is 5.92 Å². The summed E-state index contributed by atoms with van der Waals surface area (Å²) in [5.74, 6) is 1.56. The molecule has 1 aliphatic heterocycles. The molecule has 1 atom stereocenters. The van der Waals surface area contributed by atoms with Crippen molar-refractivity contribution >= 4 is 0 Å². The lowest BCUT2D eigenvalue weighted by atomic mass is 9.79. The quantitative estimate of drug-likeness (QED) is 0.836. The molecule has 1 saturated carbocycles. The number of rotatable bonds is 6. The maximum atomic E-state index is 5.54. The van der Waals surface area contributed by atoms with Gasteiger partial charge in [0.1, 0.15) is 0 Å². The van der Waals surface area contributed by atoms with Crippen LogP contribution >= 0.6 is 0 Å². The van der Waals surface area contributed by atoms with E-state index in [0.29, 0.717) is 6.04 Å². The summed E-state index contributed by atoms with van der Waals surface area (Å²) in [6.45, 7) is 5.20. The molecule has 2 nitrogen and oxygen atoms in total. The zero-order valence-corrected chi connectivity index (χ0v) is 13.3. The molecule has 1 aromatic carbocycles. The minimum atomic E-state index is 0.504. The molecule has 1 saturated heterocycles. The molecule has 1 heterocycles. The van der Waals surface area contributed by atoms with E-state index < -0.39 is 0 Å². The third-order valence-electron chi connectivity index (χ3n) is 5.22. The topological polar surface area (TPSA) is 21.3 Å². The van der Waals surface area contributed by atoms with Crippen molar-refractivity contribution < 1.29 is 4.74 Å². The van der Waals surface area contributed by atoms with Crippen molar-refractivity contribution in [1.29, 1.82) is 0 Å². The van der Waals surface area contributed by atoms with Crippen LogP contribution in [0.4, 0.5) is 0 Å². The fraction of sp³-hybridized carbons (Fsp3) is 0.684. The van der Waals surface area contributed by atoms with E-state index in [1.165, 1.54) is 44.1 Å². The second-order valence-corrected chi connectivity index (χ2v) is 6.68. The van der Waals surface area contributed by atoms with Gasteiger partial charge in [-0.15, -0.1) is 0 Å². The van der Waals surface area contributed by atoms with E-state index in [-0.39, 0.29) is 0 Å². The summed E-state index contributed by atoms with van der Waals surface area (Å²) in [6.07, 6.45) is 7.75. The summed E-state index contributed by atoms with van der Waals surface area (Å²) in [7, 11) is 0. The molecule has 3 rings (SSSR count). The second-order valence-electron chi connectivity index (χ2n) is 6.68. The Balaban J connectivity index is 1.71. The average molecular weight is 287 g/mol. The van der Waals surface area contributed by atoms with Gasteiger partial charge in [0, 0.05) is 19.3 Å². The number of nitrogens with one attached hydrogen (secondary N) is 1. The molecule has 116 valence electrons. The van der Waals surface area contributed by atoms with Crippen molar-refractivity contribution in [3.8, 4) is 0 Å². The zero-order chi connectivity index (χ0) is 14.5. The van der Waals surface area contributed by atoms with E-state index in [4.69, 9.17) is 4.74 Å². The smallest absolute Gasteiger partial charge is 0.0469 e. The van der Waals surface area contributed by atoms with E-state index in [1.807, 2.05) is 0 Å². The molecule has 1 unspecified atom stereocenters. The van der Waals surface area contributed by atoms with Gasteiger partial charge < -0.3 is 10.1 Å². The van der Waals surface area contributed by atoms with Crippen LogP contribution in [-0.4, -0.2) is 19.8 Å². The molecule has 0 amide bonds. The maximum absolute atomic E-state index is 5.54. The lowest BCUT2D eigenvalue weighted by Crippen LogP contribution is -2.32. The molecular weight excluding hydrogens is 258 g/mol. The van der Waals surface area contributed by atoms with E-state index in [9.17, 15) is 0 Å². The molecule has 1 aliphatic carbocycles. The Hall–Kier alpha value is -0.860. The molecule has 2 fully saturated rings. The lowest BCUT2D eigenvalue weighted by Gasteiger charge is -2.32. The van der Waals surface area contributed by atoms with Gasteiger partial charge in [-0.1, -0.05) is 37.6 Å². The van der Waals surface area contributed by atoms with Crippen LogP contribution in [0.3, 0.4) is 0 Å². The Morgan fingerprint density at radius 1 is 1.10 bits per heavy atom. The van der Waals surface area contributed by atoms with Gasteiger partial charge in [0.2, 0.25) is 0 Å². The first-order chi connectivity index (χ1) is 10.4. The first-order valence-corrected chi connectivity index (χ1v) is 8.79. The van der Waals surface area contributed by atoms with Crippen molar-refractivity contribution in [2.45, 2.75) is 57.4 Å². The molecule has 0 aromatic heterocycles. The van der Waals surface area contributed by atoms with Gasteiger partial charge in [-0.25, -0.2) is 0 Å².